The molecular weight excluding hydrogens is 364 g/mol. The Morgan fingerprint density at radius 2 is 1.93 bits per heavy atom. The summed E-state index contributed by atoms with van der Waals surface area (Å²) >= 11 is 0. The quantitative estimate of drug-likeness (QED) is 0.492. The fraction of sp³-hybridized carbons (Fsp3) is 0.348. The van der Waals surface area contributed by atoms with Gasteiger partial charge in [-0.2, -0.15) is 0 Å². The SMILES string of the molecule is CCN(CC)CCn1c2ccc(-c3cnon3)cc2c2c3c(ccc21)C(=O)CC3. The third-order valence-corrected chi connectivity index (χ3v) is 6.23. The summed E-state index contributed by atoms with van der Waals surface area (Å²) in [5.41, 5.74) is 6.17. The molecule has 0 amide bonds. The zero-order valence-electron chi connectivity index (χ0n) is 16.8. The first-order chi connectivity index (χ1) is 14.2. The molecule has 5 rings (SSSR count). The highest BCUT2D eigenvalue weighted by Gasteiger charge is 2.25. The van der Waals surface area contributed by atoms with Gasteiger partial charge in [0.15, 0.2) is 5.78 Å². The van der Waals surface area contributed by atoms with Crippen molar-refractivity contribution in [3.8, 4) is 11.3 Å². The number of likely N-dealkylation sites (N-methyl/N-ethyl adjacent to an activating group) is 1. The van der Waals surface area contributed by atoms with Crippen LogP contribution in [0.5, 0.6) is 0 Å². The van der Waals surface area contributed by atoms with E-state index in [4.69, 9.17) is 4.63 Å². The van der Waals surface area contributed by atoms with Crippen LogP contribution in [0.4, 0.5) is 0 Å². The Hall–Kier alpha value is -2.99. The molecule has 6 nitrogen and oxygen atoms in total. The molecule has 0 atom stereocenters. The maximum absolute atomic E-state index is 12.4. The minimum atomic E-state index is 0.253. The number of hydrogen-bond acceptors (Lipinski definition) is 5. The molecule has 29 heavy (non-hydrogen) atoms. The number of aromatic nitrogens is 3. The molecular formula is C23H24N4O2. The van der Waals surface area contributed by atoms with Crippen LogP contribution in [0.25, 0.3) is 33.1 Å². The van der Waals surface area contributed by atoms with Gasteiger partial charge in [0.2, 0.25) is 0 Å². The minimum Gasteiger partial charge on any atom is -0.339 e. The number of ketones is 1. The first-order valence-electron chi connectivity index (χ1n) is 10.3. The topological polar surface area (TPSA) is 64.2 Å². The van der Waals surface area contributed by atoms with Gasteiger partial charge in [-0.15, -0.1) is 0 Å². The number of carbonyl (C=O) groups excluding carboxylic acids is 1. The summed E-state index contributed by atoms with van der Waals surface area (Å²) in [5, 5.41) is 10.1. The molecule has 1 aliphatic rings. The fourth-order valence-electron chi connectivity index (χ4n) is 4.63. The summed E-state index contributed by atoms with van der Waals surface area (Å²) in [6, 6.07) is 10.5. The number of fused-ring (bicyclic) bond motifs is 5. The van der Waals surface area contributed by atoms with E-state index in [1.807, 2.05) is 6.07 Å². The number of rotatable bonds is 6. The Kier molecular flexibility index (Phi) is 4.43. The number of carbonyl (C=O) groups is 1. The Morgan fingerprint density at radius 1 is 1.10 bits per heavy atom. The van der Waals surface area contributed by atoms with Crippen LogP contribution >= 0.6 is 0 Å². The molecule has 0 unspecified atom stereocenters. The molecule has 0 fully saturated rings. The van der Waals surface area contributed by atoms with E-state index in [2.05, 4.69) is 57.9 Å². The van der Waals surface area contributed by atoms with Gasteiger partial charge >= 0.3 is 0 Å². The van der Waals surface area contributed by atoms with Gasteiger partial charge in [-0.25, -0.2) is 4.63 Å². The third kappa shape index (κ3) is 2.86. The van der Waals surface area contributed by atoms with Gasteiger partial charge in [-0.3, -0.25) is 4.79 Å². The number of nitrogens with zero attached hydrogens (tertiary/aromatic N) is 4. The van der Waals surface area contributed by atoms with E-state index in [-0.39, 0.29) is 5.78 Å². The van der Waals surface area contributed by atoms with E-state index < -0.39 is 0 Å². The molecule has 0 radical (unpaired) electrons. The highest BCUT2D eigenvalue weighted by Crippen LogP contribution is 2.38. The lowest BCUT2D eigenvalue weighted by molar-refractivity contribution is 0.0994. The largest absolute Gasteiger partial charge is 0.339 e. The van der Waals surface area contributed by atoms with Crippen molar-refractivity contribution in [2.45, 2.75) is 33.2 Å². The average Bonchev–Trinajstić information content (AvgIpc) is 3.47. The monoisotopic (exact) mass is 388 g/mol. The van der Waals surface area contributed by atoms with Gasteiger partial charge in [0.25, 0.3) is 0 Å². The van der Waals surface area contributed by atoms with Gasteiger partial charge in [0.05, 0.1) is 6.20 Å². The third-order valence-electron chi connectivity index (χ3n) is 6.23. The van der Waals surface area contributed by atoms with E-state index >= 15 is 0 Å². The number of hydrogen-bond donors (Lipinski definition) is 0. The molecule has 0 aliphatic heterocycles. The van der Waals surface area contributed by atoms with Crippen molar-refractivity contribution >= 4 is 27.6 Å². The molecule has 0 bridgehead atoms. The molecule has 2 heterocycles. The van der Waals surface area contributed by atoms with Gasteiger partial charge in [-0.1, -0.05) is 25.1 Å². The van der Waals surface area contributed by atoms with E-state index in [1.54, 1.807) is 6.20 Å². The maximum atomic E-state index is 12.4. The number of benzene rings is 2. The lowest BCUT2D eigenvalue weighted by Gasteiger charge is -2.19. The van der Waals surface area contributed by atoms with Crippen LogP contribution in [0.2, 0.25) is 0 Å². The van der Waals surface area contributed by atoms with Crippen LogP contribution in [0.1, 0.15) is 36.2 Å². The second kappa shape index (κ2) is 7.12. The van der Waals surface area contributed by atoms with Crippen LogP contribution in [0.15, 0.2) is 41.2 Å². The molecule has 2 aromatic carbocycles. The molecule has 2 aromatic heterocycles. The predicted molar refractivity (Wildman–Crippen MR) is 113 cm³/mol. The van der Waals surface area contributed by atoms with Crippen LogP contribution in [-0.4, -0.2) is 45.2 Å². The van der Waals surface area contributed by atoms with Gasteiger partial charge in [-0.05, 0) is 54.5 Å². The molecule has 0 saturated heterocycles. The second-order valence-electron chi connectivity index (χ2n) is 7.61. The standard InChI is InChI=1S/C23H24N4O2/c1-3-26(4-2)11-12-27-20-8-5-15(19-14-24-29-25-19)13-18(20)23-17-7-10-22(28)16(17)6-9-21(23)27/h5-6,8-9,13-14H,3-4,7,10-12H2,1-2H3. The lowest BCUT2D eigenvalue weighted by atomic mass is 10.0. The Bertz CT molecular complexity index is 1200. The normalized spacial score (nSPS) is 13.8. The van der Waals surface area contributed by atoms with Crippen LogP contribution in [0, 0.1) is 0 Å². The lowest BCUT2D eigenvalue weighted by Crippen LogP contribution is -2.26. The van der Waals surface area contributed by atoms with Crippen molar-refractivity contribution in [1.29, 1.82) is 0 Å². The fourth-order valence-corrected chi connectivity index (χ4v) is 4.63. The smallest absolute Gasteiger partial charge is 0.163 e. The van der Waals surface area contributed by atoms with Crippen molar-refractivity contribution in [3.63, 3.8) is 0 Å². The maximum Gasteiger partial charge on any atom is 0.163 e. The van der Waals surface area contributed by atoms with Gasteiger partial charge in [0.1, 0.15) is 5.69 Å². The second-order valence-corrected chi connectivity index (χ2v) is 7.61. The van der Waals surface area contributed by atoms with E-state index in [0.717, 1.165) is 49.4 Å². The molecule has 6 heteroatoms. The molecule has 0 saturated carbocycles. The minimum absolute atomic E-state index is 0.253. The molecule has 148 valence electrons. The molecule has 0 N–H and O–H groups in total. The van der Waals surface area contributed by atoms with Crippen molar-refractivity contribution in [1.82, 2.24) is 19.8 Å². The first kappa shape index (κ1) is 18.1. The average molecular weight is 388 g/mol. The van der Waals surface area contributed by atoms with Gasteiger partial charge < -0.3 is 9.47 Å². The van der Waals surface area contributed by atoms with Crippen LogP contribution in [0.3, 0.4) is 0 Å². The Labute approximate surface area is 169 Å². The van der Waals surface area contributed by atoms with E-state index in [0.29, 0.717) is 6.42 Å². The van der Waals surface area contributed by atoms with Crippen molar-refractivity contribution in [2.75, 3.05) is 19.6 Å². The van der Waals surface area contributed by atoms with Crippen molar-refractivity contribution < 1.29 is 9.42 Å². The summed E-state index contributed by atoms with van der Waals surface area (Å²) in [5.74, 6) is 0.253. The van der Waals surface area contributed by atoms with Crippen LogP contribution in [-0.2, 0) is 13.0 Å². The number of Topliss-reactive ketones (excluding diaryl/α,β-unsaturated/α-hetero) is 1. The van der Waals surface area contributed by atoms with Crippen molar-refractivity contribution in [2.24, 2.45) is 0 Å². The van der Waals surface area contributed by atoms with Crippen molar-refractivity contribution in [3.05, 3.63) is 47.7 Å². The zero-order valence-corrected chi connectivity index (χ0v) is 16.8. The molecule has 0 spiro atoms. The summed E-state index contributed by atoms with van der Waals surface area (Å²) < 4.78 is 7.20. The summed E-state index contributed by atoms with van der Waals surface area (Å²) in [6.07, 6.45) is 3.05. The summed E-state index contributed by atoms with van der Waals surface area (Å²) in [7, 11) is 0. The Balaban J connectivity index is 1.74. The zero-order chi connectivity index (χ0) is 20.0. The first-order valence-corrected chi connectivity index (χ1v) is 10.3. The predicted octanol–water partition coefficient (Wildman–Crippen LogP) is 4.32. The number of aryl methyl sites for hydroxylation is 1. The van der Waals surface area contributed by atoms with Gasteiger partial charge in [0, 0.05) is 52.4 Å². The van der Waals surface area contributed by atoms with E-state index in [9.17, 15) is 4.79 Å². The summed E-state index contributed by atoms with van der Waals surface area (Å²) in [4.78, 5) is 14.8. The van der Waals surface area contributed by atoms with Crippen LogP contribution < -0.4 is 0 Å². The highest BCUT2D eigenvalue weighted by molar-refractivity contribution is 6.15. The Morgan fingerprint density at radius 3 is 2.69 bits per heavy atom. The molecule has 1 aliphatic carbocycles. The highest BCUT2D eigenvalue weighted by atomic mass is 16.6. The molecule has 4 aromatic rings. The van der Waals surface area contributed by atoms with E-state index in [1.165, 1.54) is 27.4 Å². The summed E-state index contributed by atoms with van der Waals surface area (Å²) in [6.45, 7) is 8.40.